The summed E-state index contributed by atoms with van der Waals surface area (Å²) in [6.45, 7) is 1.41. The van der Waals surface area contributed by atoms with Gasteiger partial charge < -0.3 is 15.4 Å². The van der Waals surface area contributed by atoms with Gasteiger partial charge in [-0.05, 0) is 49.2 Å². The van der Waals surface area contributed by atoms with E-state index in [0.29, 0.717) is 40.2 Å². The first kappa shape index (κ1) is 17.1. The number of likely N-dealkylation sites (tertiary alicyclic amines) is 1. The van der Waals surface area contributed by atoms with Crippen molar-refractivity contribution < 1.29 is 9.53 Å². The number of carbonyl (C=O) groups is 1. The van der Waals surface area contributed by atoms with Crippen LogP contribution < -0.4 is 10.5 Å². The Morgan fingerprint density at radius 2 is 1.75 bits per heavy atom. The van der Waals surface area contributed by atoms with Crippen molar-refractivity contribution in [2.75, 3.05) is 13.1 Å². The molecule has 1 fully saturated rings. The van der Waals surface area contributed by atoms with Crippen LogP contribution in [0.25, 0.3) is 0 Å². The molecule has 1 aliphatic rings. The van der Waals surface area contributed by atoms with Crippen LogP contribution >= 0.6 is 23.2 Å². The molecule has 4 nitrogen and oxygen atoms in total. The highest BCUT2D eigenvalue weighted by molar-refractivity contribution is 6.42. The Hall–Kier alpha value is -1.75. The van der Waals surface area contributed by atoms with Crippen molar-refractivity contribution in [3.8, 4) is 11.5 Å². The van der Waals surface area contributed by atoms with Gasteiger partial charge in [0.1, 0.15) is 16.5 Å². The van der Waals surface area contributed by atoms with E-state index >= 15 is 0 Å². The van der Waals surface area contributed by atoms with Crippen molar-refractivity contribution in [3.05, 3.63) is 58.1 Å². The van der Waals surface area contributed by atoms with Gasteiger partial charge in [-0.1, -0.05) is 29.3 Å². The third-order valence-corrected chi connectivity index (χ3v) is 4.87. The lowest BCUT2D eigenvalue weighted by Gasteiger charge is -2.30. The van der Waals surface area contributed by atoms with Crippen LogP contribution in [0.2, 0.25) is 10.0 Å². The lowest BCUT2D eigenvalue weighted by molar-refractivity contribution is 0.0715. The first-order chi connectivity index (χ1) is 11.5. The van der Waals surface area contributed by atoms with E-state index in [1.165, 1.54) is 0 Å². The second-order valence-corrected chi connectivity index (χ2v) is 6.59. The van der Waals surface area contributed by atoms with Crippen molar-refractivity contribution in [3.63, 3.8) is 0 Å². The van der Waals surface area contributed by atoms with E-state index in [1.807, 2.05) is 4.90 Å². The van der Waals surface area contributed by atoms with Crippen LogP contribution in [0.4, 0.5) is 0 Å². The van der Waals surface area contributed by atoms with Crippen LogP contribution in [0.3, 0.4) is 0 Å². The van der Waals surface area contributed by atoms with Gasteiger partial charge in [0, 0.05) is 24.7 Å². The van der Waals surface area contributed by atoms with E-state index < -0.39 is 0 Å². The smallest absolute Gasteiger partial charge is 0.253 e. The predicted octanol–water partition coefficient (Wildman–Crippen LogP) is 4.35. The van der Waals surface area contributed by atoms with E-state index in [-0.39, 0.29) is 11.9 Å². The van der Waals surface area contributed by atoms with Crippen molar-refractivity contribution in [1.29, 1.82) is 0 Å². The summed E-state index contributed by atoms with van der Waals surface area (Å²) in [5.74, 6) is 1.10. The summed E-state index contributed by atoms with van der Waals surface area (Å²) in [6.07, 6.45) is 1.69. The zero-order valence-corrected chi connectivity index (χ0v) is 14.6. The molecule has 2 aromatic carbocycles. The van der Waals surface area contributed by atoms with Crippen LogP contribution in [-0.4, -0.2) is 29.9 Å². The van der Waals surface area contributed by atoms with Gasteiger partial charge in [0.05, 0.1) is 5.02 Å². The molecule has 3 rings (SSSR count). The molecule has 1 aliphatic heterocycles. The van der Waals surface area contributed by atoms with E-state index in [1.54, 1.807) is 42.5 Å². The molecule has 1 heterocycles. The summed E-state index contributed by atoms with van der Waals surface area (Å²) < 4.78 is 5.73. The standard InChI is InChI=1S/C18H18Cl2N2O2/c19-15-2-1-3-16(17(15)20)24-14-6-4-12(5-7-14)18(23)22-10-8-13(21)9-11-22/h1-7,13H,8-11,21H2. The van der Waals surface area contributed by atoms with E-state index in [4.69, 9.17) is 33.7 Å². The Morgan fingerprint density at radius 1 is 1.08 bits per heavy atom. The molecule has 0 aromatic heterocycles. The number of rotatable bonds is 3. The van der Waals surface area contributed by atoms with Crippen LogP contribution in [0, 0.1) is 0 Å². The highest BCUT2D eigenvalue weighted by Crippen LogP contribution is 2.34. The molecule has 0 aliphatic carbocycles. The van der Waals surface area contributed by atoms with E-state index in [2.05, 4.69) is 0 Å². The fourth-order valence-corrected chi connectivity index (χ4v) is 2.97. The Balaban J connectivity index is 1.69. The topological polar surface area (TPSA) is 55.6 Å². The van der Waals surface area contributed by atoms with Gasteiger partial charge in [0.2, 0.25) is 0 Å². The quantitative estimate of drug-likeness (QED) is 0.880. The number of hydrogen-bond donors (Lipinski definition) is 1. The maximum atomic E-state index is 12.5. The molecular weight excluding hydrogens is 347 g/mol. The number of nitrogens with zero attached hydrogens (tertiary/aromatic N) is 1. The van der Waals surface area contributed by atoms with E-state index in [9.17, 15) is 4.79 Å². The first-order valence-electron chi connectivity index (χ1n) is 7.81. The zero-order valence-electron chi connectivity index (χ0n) is 13.0. The molecular formula is C18H18Cl2N2O2. The van der Waals surface area contributed by atoms with Crippen molar-refractivity contribution in [1.82, 2.24) is 4.90 Å². The Morgan fingerprint density at radius 3 is 2.42 bits per heavy atom. The molecule has 6 heteroatoms. The lowest BCUT2D eigenvalue weighted by Crippen LogP contribution is -2.42. The number of hydrogen-bond acceptors (Lipinski definition) is 3. The minimum atomic E-state index is 0.0224. The third kappa shape index (κ3) is 3.83. The molecule has 2 N–H and O–H groups in total. The predicted molar refractivity (Wildman–Crippen MR) is 96.1 cm³/mol. The lowest BCUT2D eigenvalue weighted by atomic mass is 10.0. The first-order valence-corrected chi connectivity index (χ1v) is 8.57. The van der Waals surface area contributed by atoms with Crippen molar-refractivity contribution >= 4 is 29.1 Å². The molecule has 1 amide bonds. The summed E-state index contributed by atoms with van der Waals surface area (Å²) in [7, 11) is 0. The largest absolute Gasteiger partial charge is 0.456 e. The van der Waals surface area contributed by atoms with Crippen LogP contribution in [-0.2, 0) is 0 Å². The number of piperidine rings is 1. The monoisotopic (exact) mass is 364 g/mol. The van der Waals surface area contributed by atoms with E-state index in [0.717, 1.165) is 12.8 Å². The molecule has 2 aromatic rings. The number of benzene rings is 2. The normalized spacial score (nSPS) is 15.4. The number of ether oxygens (including phenoxy) is 1. The molecule has 24 heavy (non-hydrogen) atoms. The number of carbonyl (C=O) groups excluding carboxylic acids is 1. The van der Waals surface area contributed by atoms with Crippen molar-refractivity contribution in [2.24, 2.45) is 5.73 Å². The Labute approximate surface area is 151 Å². The van der Waals surface area contributed by atoms with Gasteiger partial charge in [0.15, 0.2) is 0 Å². The molecule has 126 valence electrons. The SMILES string of the molecule is NC1CCN(C(=O)c2ccc(Oc3cccc(Cl)c3Cl)cc2)CC1. The molecule has 0 saturated carbocycles. The van der Waals surface area contributed by atoms with Gasteiger partial charge in [-0.3, -0.25) is 4.79 Å². The second-order valence-electron chi connectivity index (χ2n) is 5.81. The summed E-state index contributed by atoms with van der Waals surface area (Å²) >= 11 is 12.1. The summed E-state index contributed by atoms with van der Waals surface area (Å²) in [4.78, 5) is 14.3. The maximum absolute atomic E-state index is 12.5. The fraction of sp³-hybridized carbons (Fsp3) is 0.278. The summed E-state index contributed by atoms with van der Waals surface area (Å²) in [6, 6.07) is 12.4. The molecule has 0 atom stereocenters. The fourth-order valence-electron chi connectivity index (χ4n) is 2.64. The van der Waals surface area contributed by atoms with Gasteiger partial charge >= 0.3 is 0 Å². The van der Waals surface area contributed by atoms with Crippen LogP contribution in [0.5, 0.6) is 11.5 Å². The van der Waals surface area contributed by atoms with Gasteiger partial charge in [-0.15, -0.1) is 0 Å². The Kier molecular flexibility index (Phi) is 5.29. The number of halogens is 2. The Bertz CT molecular complexity index is 726. The molecule has 0 radical (unpaired) electrons. The van der Waals surface area contributed by atoms with Crippen LogP contribution in [0.15, 0.2) is 42.5 Å². The minimum Gasteiger partial charge on any atom is -0.456 e. The highest BCUT2D eigenvalue weighted by Gasteiger charge is 2.21. The number of nitrogens with two attached hydrogens (primary N) is 1. The molecule has 1 saturated heterocycles. The van der Waals surface area contributed by atoms with Gasteiger partial charge in [-0.25, -0.2) is 0 Å². The van der Waals surface area contributed by atoms with Crippen LogP contribution in [0.1, 0.15) is 23.2 Å². The summed E-state index contributed by atoms with van der Waals surface area (Å²) in [5.41, 5.74) is 6.51. The average molecular weight is 365 g/mol. The molecule has 0 unspecified atom stereocenters. The zero-order chi connectivity index (χ0) is 17.1. The number of amides is 1. The van der Waals surface area contributed by atoms with Crippen molar-refractivity contribution in [2.45, 2.75) is 18.9 Å². The molecule has 0 spiro atoms. The third-order valence-electron chi connectivity index (χ3n) is 4.07. The summed E-state index contributed by atoms with van der Waals surface area (Å²) in [5, 5.41) is 0.799. The van der Waals surface area contributed by atoms with Gasteiger partial charge in [0.25, 0.3) is 5.91 Å². The molecule has 0 bridgehead atoms. The second kappa shape index (κ2) is 7.43. The average Bonchev–Trinajstić information content (AvgIpc) is 2.60. The van der Waals surface area contributed by atoms with Gasteiger partial charge in [-0.2, -0.15) is 0 Å². The maximum Gasteiger partial charge on any atom is 0.253 e. The highest BCUT2D eigenvalue weighted by atomic mass is 35.5. The minimum absolute atomic E-state index is 0.0224.